The Labute approximate surface area is 104 Å². The van der Waals surface area contributed by atoms with Gasteiger partial charge in [-0.1, -0.05) is 0 Å². The lowest BCUT2D eigenvalue weighted by atomic mass is 9.75. The van der Waals surface area contributed by atoms with Crippen LogP contribution in [-0.4, -0.2) is 68.7 Å². The van der Waals surface area contributed by atoms with Gasteiger partial charge in [-0.25, -0.2) is 0 Å². The van der Waals surface area contributed by atoms with Gasteiger partial charge in [0.05, 0.1) is 6.61 Å². The fraction of sp³-hybridized carbons (Fsp3) is 0.917. The monoisotopic (exact) mass is 243 g/mol. The third-order valence-corrected chi connectivity index (χ3v) is 3.68. The highest BCUT2D eigenvalue weighted by Crippen LogP contribution is 2.36. The van der Waals surface area contributed by atoms with Crippen LogP contribution in [0.15, 0.2) is 0 Å². The van der Waals surface area contributed by atoms with Crippen LogP contribution in [-0.2, 0) is 9.53 Å². The fourth-order valence-electron chi connectivity index (χ4n) is 2.21. The molecule has 2 N–H and O–H groups in total. The zero-order chi connectivity index (χ0) is 12.9. The molecule has 1 amide bonds. The second-order valence-corrected chi connectivity index (χ2v) is 5.06. The van der Waals surface area contributed by atoms with Crippen LogP contribution in [0.4, 0.5) is 0 Å². The molecule has 1 aliphatic carbocycles. The van der Waals surface area contributed by atoms with E-state index in [1.165, 1.54) is 19.3 Å². The molecule has 5 nitrogen and oxygen atoms in total. The molecule has 100 valence electrons. The van der Waals surface area contributed by atoms with Gasteiger partial charge in [0.25, 0.3) is 0 Å². The summed E-state index contributed by atoms with van der Waals surface area (Å²) in [6, 6.07) is 0. The van der Waals surface area contributed by atoms with Crippen molar-refractivity contribution in [2.45, 2.75) is 24.8 Å². The van der Waals surface area contributed by atoms with Crippen LogP contribution in [0.2, 0.25) is 0 Å². The van der Waals surface area contributed by atoms with Crippen LogP contribution in [0.5, 0.6) is 0 Å². The van der Waals surface area contributed by atoms with Crippen molar-refractivity contribution in [1.29, 1.82) is 0 Å². The van der Waals surface area contributed by atoms with E-state index >= 15 is 0 Å². The van der Waals surface area contributed by atoms with Crippen molar-refractivity contribution in [2.24, 2.45) is 5.73 Å². The van der Waals surface area contributed by atoms with Crippen LogP contribution in [0.1, 0.15) is 19.3 Å². The van der Waals surface area contributed by atoms with Crippen LogP contribution in [0.3, 0.4) is 0 Å². The van der Waals surface area contributed by atoms with Gasteiger partial charge in [0.1, 0.15) is 6.61 Å². The van der Waals surface area contributed by atoms with E-state index in [1.54, 1.807) is 4.90 Å². The van der Waals surface area contributed by atoms with Crippen LogP contribution in [0, 0.1) is 0 Å². The lowest BCUT2D eigenvalue weighted by Crippen LogP contribution is -2.57. The molecule has 1 aliphatic rings. The number of nitrogens with two attached hydrogens (primary N) is 1. The number of ether oxygens (including phenoxy) is 1. The van der Waals surface area contributed by atoms with Gasteiger partial charge in [0, 0.05) is 25.7 Å². The van der Waals surface area contributed by atoms with Gasteiger partial charge in [0.2, 0.25) is 5.91 Å². The summed E-state index contributed by atoms with van der Waals surface area (Å²) in [5, 5.41) is 0. The molecule has 17 heavy (non-hydrogen) atoms. The number of carbonyl (C=O) groups is 1. The quantitative estimate of drug-likeness (QED) is 0.635. The van der Waals surface area contributed by atoms with Crippen molar-refractivity contribution in [3.05, 3.63) is 0 Å². The predicted molar refractivity (Wildman–Crippen MR) is 67.8 cm³/mol. The average Bonchev–Trinajstić information content (AvgIpc) is 2.22. The second-order valence-electron chi connectivity index (χ2n) is 5.06. The first-order valence-corrected chi connectivity index (χ1v) is 6.21. The van der Waals surface area contributed by atoms with Crippen molar-refractivity contribution >= 4 is 5.91 Å². The molecular weight excluding hydrogens is 218 g/mol. The highest BCUT2D eigenvalue weighted by Gasteiger charge is 2.40. The van der Waals surface area contributed by atoms with Gasteiger partial charge in [-0.05, 0) is 33.4 Å². The minimum absolute atomic E-state index is 0.0339. The fourth-order valence-corrected chi connectivity index (χ4v) is 2.21. The Kier molecular flexibility index (Phi) is 5.36. The number of amides is 1. The number of nitrogens with zero attached hydrogens (tertiary/aromatic N) is 2. The van der Waals surface area contributed by atoms with E-state index in [2.05, 4.69) is 19.0 Å². The van der Waals surface area contributed by atoms with E-state index in [-0.39, 0.29) is 18.1 Å². The number of carbonyl (C=O) groups excluding carboxylic acids is 1. The lowest BCUT2D eigenvalue weighted by molar-refractivity contribution is -0.137. The summed E-state index contributed by atoms with van der Waals surface area (Å²) in [5.74, 6) is 0.0339. The normalized spacial score (nSPS) is 17.9. The number of rotatable bonds is 7. The summed E-state index contributed by atoms with van der Waals surface area (Å²) < 4.78 is 5.16. The molecule has 1 rings (SSSR count). The summed E-state index contributed by atoms with van der Waals surface area (Å²) in [5.41, 5.74) is 5.49. The van der Waals surface area contributed by atoms with Gasteiger partial charge >= 0.3 is 0 Å². The molecule has 0 aromatic heterocycles. The Balaban J connectivity index is 2.37. The molecular formula is C12H25N3O2. The van der Waals surface area contributed by atoms with E-state index in [0.717, 1.165) is 6.54 Å². The summed E-state index contributed by atoms with van der Waals surface area (Å²) in [4.78, 5) is 15.8. The Morgan fingerprint density at radius 2 is 2.00 bits per heavy atom. The van der Waals surface area contributed by atoms with E-state index in [4.69, 9.17) is 10.5 Å². The first-order chi connectivity index (χ1) is 8.02. The maximum Gasteiger partial charge on any atom is 0.248 e. The third-order valence-electron chi connectivity index (χ3n) is 3.68. The summed E-state index contributed by atoms with van der Waals surface area (Å²) in [6.07, 6.45) is 3.59. The Morgan fingerprint density at radius 3 is 2.41 bits per heavy atom. The SMILES string of the molecule is CN(CC1(N(C)C)CCC1)C(=O)COCCN. The van der Waals surface area contributed by atoms with Gasteiger partial charge in [0.15, 0.2) is 0 Å². The maximum atomic E-state index is 11.8. The zero-order valence-corrected chi connectivity index (χ0v) is 11.2. The molecule has 0 bridgehead atoms. The Hall–Kier alpha value is -0.650. The molecule has 0 aliphatic heterocycles. The first-order valence-electron chi connectivity index (χ1n) is 6.21. The smallest absolute Gasteiger partial charge is 0.248 e. The molecule has 0 atom stereocenters. The average molecular weight is 243 g/mol. The molecule has 0 saturated heterocycles. The standard InChI is InChI=1S/C12H25N3O2/c1-14(2)12(5-4-6-12)10-15(3)11(16)9-17-8-7-13/h4-10,13H2,1-3H3. The number of hydrogen-bond acceptors (Lipinski definition) is 4. The van der Waals surface area contributed by atoms with Gasteiger partial charge in [-0.2, -0.15) is 0 Å². The highest BCUT2D eigenvalue weighted by atomic mass is 16.5. The van der Waals surface area contributed by atoms with E-state index in [0.29, 0.717) is 13.2 Å². The van der Waals surface area contributed by atoms with Crippen molar-refractivity contribution in [1.82, 2.24) is 9.80 Å². The minimum Gasteiger partial charge on any atom is -0.370 e. The molecule has 0 aromatic rings. The van der Waals surface area contributed by atoms with E-state index in [9.17, 15) is 4.79 Å². The second kappa shape index (κ2) is 6.33. The van der Waals surface area contributed by atoms with E-state index < -0.39 is 0 Å². The van der Waals surface area contributed by atoms with Crippen molar-refractivity contribution in [3.8, 4) is 0 Å². The largest absolute Gasteiger partial charge is 0.370 e. The Morgan fingerprint density at radius 1 is 1.35 bits per heavy atom. The Bertz CT molecular complexity index is 252. The molecule has 0 unspecified atom stereocenters. The molecule has 0 spiro atoms. The lowest BCUT2D eigenvalue weighted by Gasteiger charge is -2.49. The third kappa shape index (κ3) is 3.66. The van der Waals surface area contributed by atoms with Gasteiger partial charge in [-0.15, -0.1) is 0 Å². The molecule has 0 aromatic carbocycles. The molecule has 0 heterocycles. The minimum atomic E-state index is 0.0339. The van der Waals surface area contributed by atoms with Crippen LogP contribution < -0.4 is 5.73 Å². The van der Waals surface area contributed by atoms with Crippen molar-refractivity contribution in [3.63, 3.8) is 0 Å². The highest BCUT2D eigenvalue weighted by molar-refractivity contribution is 5.77. The molecule has 5 heteroatoms. The molecule has 1 fully saturated rings. The topological polar surface area (TPSA) is 58.8 Å². The molecule has 0 radical (unpaired) electrons. The summed E-state index contributed by atoms with van der Waals surface area (Å²) in [7, 11) is 6.02. The summed E-state index contributed by atoms with van der Waals surface area (Å²) in [6.45, 7) is 1.82. The van der Waals surface area contributed by atoms with Crippen LogP contribution in [0.25, 0.3) is 0 Å². The van der Waals surface area contributed by atoms with Crippen molar-refractivity contribution in [2.75, 3.05) is 47.4 Å². The summed E-state index contributed by atoms with van der Waals surface area (Å²) >= 11 is 0. The molecule has 1 saturated carbocycles. The van der Waals surface area contributed by atoms with E-state index in [1.807, 2.05) is 7.05 Å². The van der Waals surface area contributed by atoms with Crippen LogP contribution >= 0.6 is 0 Å². The van der Waals surface area contributed by atoms with Gasteiger partial charge in [-0.3, -0.25) is 4.79 Å². The first kappa shape index (κ1) is 14.4. The van der Waals surface area contributed by atoms with Gasteiger partial charge < -0.3 is 20.3 Å². The number of likely N-dealkylation sites (N-methyl/N-ethyl adjacent to an activating group) is 2. The maximum absolute atomic E-state index is 11.8. The zero-order valence-electron chi connectivity index (χ0n) is 11.2. The number of hydrogen-bond donors (Lipinski definition) is 1. The predicted octanol–water partition coefficient (Wildman–Crippen LogP) is -0.0956. The van der Waals surface area contributed by atoms with Crippen molar-refractivity contribution < 1.29 is 9.53 Å².